The van der Waals surface area contributed by atoms with Crippen molar-refractivity contribution in [3.63, 3.8) is 0 Å². The summed E-state index contributed by atoms with van der Waals surface area (Å²) in [6, 6.07) is 20.6. The van der Waals surface area contributed by atoms with E-state index in [0.717, 1.165) is 22.4 Å². The summed E-state index contributed by atoms with van der Waals surface area (Å²) in [4.78, 5) is 21.0. The number of benzene rings is 3. The van der Waals surface area contributed by atoms with Gasteiger partial charge in [-0.05, 0) is 60.5 Å². The van der Waals surface area contributed by atoms with Crippen LogP contribution in [0, 0.1) is 12.7 Å². The molecule has 0 aliphatic heterocycles. The van der Waals surface area contributed by atoms with Gasteiger partial charge in [-0.1, -0.05) is 30.3 Å². The number of carbonyl (C=O) groups is 1. The van der Waals surface area contributed by atoms with Crippen LogP contribution >= 0.6 is 0 Å². The van der Waals surface area contributed by atoms with Gasteiger partial charge in [0, 0.05) is 29.2 Å². The van der Waals surface area contributed by atoms with Crippen LogP contribution in [0.25, 0.3) is 11.1 Å². The van der Waals surface area contributed by atoms with Gasteiger partial charge >= 0.3 is 6.01 Å². The van der Waals surface area contributed by atoms with Crippen LogP contribution in [0.15, 0.2) is 85.2 Å². The van der Waals surface area contributed by atoms with Crippen molar-refractivity contribution < 1.29 is 13.9 Å². The van der Waals surface area contributed by atoms with Gasteiger partial charge in [-0.2, -0.15) is 0 Å². The number of carbonyl (C=O) groups excluding carboxylic acids is 1. The number of para-hydroxylation sites is 1. The SMILES string of the molecule is Cc1ccccc1NC(=O)c1cccc(-c2cnc(Oc3ccc(F)cc3)nc2)c1. The first kappa shape index (κ1) is 19.3. The summed E-state index contributed by atoms with van der Waals surface area (Å²) in [5.74, 6) is -0.0904. The summed E-state index contributed by atoms with van der Waals surface area (Å²) < 4.78 is 18.5. The van der Waals surface area contributed by atoms with Crippen LogP contribution in [0.4, 0.5) is 10.1 Å². The summed E-state index contributed by atoms with van der Waals surface area (Å²) in [5, 5.41) is 2.93. The predicted octanol–water partition coefficient (Wildman–Crippen LogP) is 5.64. The number of ether oxygens (including phenoxy) is 1. The third kappa shape index (κ3) is 4.50. The number of aryl methyl sites for hydroxylation is 1. The fourth-order valence-corrected chi connectivity index (χ4v) is 2.87. The molecular formula is C24H18FN3O2. The number of anilines is 1. The lowest BCUT2D eigenvalue weighted by molar-refractivity contribution is 0.102. The summed E-state index contributed by atoms with van der Waals surface area (Å²) in [6.45, 7) is 1.94. The van der Waals surface area contributed by atoms with E-state index in [1.165, 1.54) is 24.3 Å². The normalized spacial score (nSPS) is 10.5. The number of hydrogen-bond donors (Lipinski definition) is 1. The Labute approximate surface area is 173 Å². The fraction of sp³-hybridized carbons (Fsp3) is 0.0417. The monoisotopic (exact) mass is 399 g/mol. The maximum atomic E-state index is 13.0. The number of nitrogens with zero attached hydrogens (tertiary/aromatic N) is 2. The largest absolute Gasteiger partial charge is 0.424 e. The van der Waals surface area contributed by atoms with E-state index in [9.17, 15) is 9.18 Å². The molecule has 0 saturated carbocycles. The van der Waals surface area contributed by atoms with Crippen molar-refractivity contribution in [2.45, 2.75) is 6.92 Å². The van der Waals surface area contributed by atoms with Crippen molar-refractivity contribution in [2.24, 2.45) is 0 Å². The molecule has 4 rings (SSSR count). The Kier molecular flexibility index (Phi) is 5.48. The van der Waals surface area contributed by atoms with E-state index in [4.69, 9.17) is 4.74 Å². The Hall–Kier alpha value is -4.06. The van der Waals surface area contributed by atoms with E-state index < -0.39 is 0 Å². The van der Waals surface area contributed by atoms with Crippen molar-refractivity contribution in [2.75, 3.05) is 5.32 Å². The number of rotatable bonds is 5. The van der Waals surface area contributed by atoms with Crippen LogP contribution in [0.3, 0.4) is 0 Å². The van der Waals surface area contributed by atoms with Gasteiger partial charge < -0.3 is 10.1 Å². The Morgan fingerprint density at radius 3 is 2.37 bits per heavy atom. The molecule has 0 bridgehead atoms. The highest BCUT2D eigenvalue weighted by Crippen LogP contribution is 2.23. The second-order valence-electron chi connectivity index (χ2n) is 6.66. The lowest BCUT2D eigenvalue weighted by atomic mass is 10.1. The van der Waals surface area contributed by atoms with E-state index in [-0.39, 0.29) is 17.7 Å². The molecule has 0 spiro atoms. The summed E-state index contributed by atoms with van der Waals surface area (Å²) >= 11 is 0. The second kappa shape index (κ2) is 8.53. The maximum absolute atomic E-state index is 13.0. The zero-order chi connectivity index (χ0) is 20.9. The van der Waals surface area contributed by atoms with Gasteiger partial charge in [0.2, 0.25) is 0 Å². The van der Waals surface area contributed by atoms with Gasteiger partial charge in [-0.15, -0.1) is 0 Å². The average Bonchev–Trinajstić information content (AvgIpc) is 2.77. The molecule has 6 heteroatoms. The molecule has 5 nitrogen and oxygen atoms in total. The minimum atomic E-state index is -0.343. The third-order valence-corrected chi connectivity index (χ3v) is 4.50. The van der Waals surface area contributed by atoms with Crippen LogP contribution in [0.1, 0.15) is 15.9 Å². The minimum absolute atomic E-state index is 0.152. The van der Waals surface area contributed by atoms with E-state index >= 15 is 0 Å². The zero-order valence-electron chi connectivity index (χ0n) is 16.2. The van der Waals surface area contributed by atoms with Gasteiger partial charge in [0.25, 0.3) is 5.91 Å². The molecule has 0 atom stereocenters. The number of amides is 1. The number of aromatic nitrogens is 2. The summed E-state index contributed by atoms with van der Waals surface area (Å²) in [7, 11) is 0. The van der Waals surface area contributed by atoms with Crippen molar-refractivity contribution >= 4 is 11.6 Å². The number of hydrogen-bond acceptors (Lipinski definition) is 4. The molecule has 30 heavy (non-hydrogen) atoms. The predicted molar refractivity (Wildman–Crippen MR) is 113 cm³/mol. The van der Waals surface area contributed by atoms with Crippen LogP contribution in [-0.4, -0.2) is 15.9 Å². The van der Waals surface area contributed by atoms with E-state index in [1.807, 2.05) is 43.3 Å². The van der Waals surface area contributed by atoms with Crippen molar-refractivity contribution in [1.82, 2.24) is 9.97 Å². The molecule has 0 radical (unpaired) electrons. The molecule has 1 N–H and O–H groups in total. The Bertz CT molecular complexity index is 1180. The standard InChI is InChI=1S/C24H18FN3O2/c1-16-5-2-3-8-22(16)28-23(29)18-7-4-6-17(13-18)19-14-26-24(27-15-19)30-21-11-9-20(25)10-12-21/h2-15H,1H3,(H,28,29). The summed E-state index contributed by atoms with van der Waals surface area (Å²) in [5.41, 5.74) is 3.85. The number of nitrogens with one attached hydrogen (secondary N) is 1. The lowest BCUT2D eigenvalue weighted by Gasteiger charge is -2.09. The molecule has 0 aliphatic rings. The molecular weight excluding hydrogens is 381 g/mol. The zero-order valence-corrected chi connectivity index (χ0v) is 16.2. The lowest BCUT2D eigenvalue weighted by Crippen LogP contribution is -2.12. The van der Waals surface area contributed by atoms with Crippen LogP contribution in [0.5, 0.6) is 11.8 Å². The Balaban J connectivity index is 1.50. The molecule has 3 aromatic carbocycles. The molecule has 1 amide bonds. The Morgan fingerprint density at radius 1 is 0.900 bits per heavy atom. The van der Waals surface area contributed by atoms with Crippen LogP contribution in [-0.2, 0) is 0 Å². The van der Waals surface area contributed by atoms with Crippen molar-refractivity contribution in [3.05, 3.63) is 102 Å². The first-order chi connectivity index (χ1) is 14.6. The van der Waals surface area contributed by atoms with Crippen LogP contribution < -0.4 is 10.1 Å². The minimum Gasteiger partial charge on any atom is -0.424 e. The van der Waals surface area contributed by atoms with Gasteiger partial charge in [-0.3, -0.25) is 4.79 Å². The highest BCUT2D eigenvalue weighted by atomic mass is 19.1. The van der Waals surface area contributed by atoms with E-state index in [0.29, 0.717) is 11.3 Å². The molecule has 0 fully saturated rings. The molecule has 1 aromatic heterocycles. The van der Waals surface area contributed by atoms with Crippen LogP contribution in [0.2, 0.25) is 0 Å². The number of halogens is 1. The quantitative estimate of drug-likeness (QED) is 0.472. The van der Waals surface area contributed by atoms with Gasteiger partial charge in [0.15, 0.2) is 0 Å². The topological polar surface area (TPSA) is 64.1 Å². The molecule has 0 unspecified atom stereocenters. The molecule has 4 aromatic rings. The third-order valence-electron chi connectivity index (χ3n) is 4.50. The molecule has 0 aliphatic carbocycles. The van der Waals surface area contributed by atoms with Crippen molar-refractivity contribution in [1.29, 1.82) is 0 Å². The fourth-order valence-electron chi connectivity index (χ4n) is 2.87. The molecule has 148 valence electrons. The second-order valence-corrected chi connectivity index (χ2v) is 6.66. The molecule has 0 saturated heterocycles. The van der Waals surface area contributed by atoms with E-state index in [2.05, 4.69) is 15.3 Å². The highest BCUT2D eigenvalue weighted by Gasteiger charge is 2.10. The van der Waals surface area contributed by atoms with Gasteiger partial charge in [-0.25, -0.2) is 14.4 Å². The first-order valence-electron chi connectivity index (χ1n) is 9.31. The smallest absolute Gasteiger partial charge is 0.321 e. The van der Waals surface area contributed by atoms with Crippen molar-refractivity contribution in [3.8, 4) is 22.9 Å². The molecule has 1 heterocycles. The highest BCUT2D eigenvalue weighted by molar-refractivity contribution is 6.05. The maximum Gasteiger partial charge on any atom is 0.321 e. The van der Waals surface area contributed by atoms with Gasteiger partial charge in [0.05, 0.1) is 0 Å². The average molecular weight is 399 g/mol. The van der Waals surface area contributed by atoms with E-state index in [1.54, 1.807) is 24.5 Å². The van der Waals surface area contributed by atoms with Gasteiger partial charge in [0.1, 0.15) is 11.6 Å². The summed E-state index contributed by atoms with van der Waals surface area (Å²) in [6.07, 6.45) is 3.23. The Morgan fingerprint density at radius 2 is 1.63 bits per heavy atom. The first-order valence-corrected chi connectivity index (χ1v) is 9.31.